The largest absolute Gasteiger partial charge is 0.498 e. The van der Waals surface area contributed by atoms with Gasteiger partial charge in [0.1, 0.15) is 6.10 Å². The molecule has 2 fully saturated rings. The summed E-state index contributed by atoms with van der Waals surface area (Å²) in [7, 11) is 2.15. The molecule has 2 N–H and O–H groups in total. The number of ether oxygens (including phenoxy) is 2. The molecule has 2 aliphatic rings. The number of aryl methyl sites for hydroxylation is 1. The summed E-state index contributed by atoms with van der Waals surface area (Å²) in [5.41, 5.74) is 2.29. The molecule has 0 aliphatic carbocycles. The molecule has 1 aromatic rings. The van der Waals surface area contributed by atoms with Crippen LogP contribution in [0.1, 0.15) is 57.3 Å². The molecular formula is C26H43N3O3. The second-order valence-electron chi connectivity index (χ2n) is 7.83. The molecule has 0 radical (unpaired) electrons. The number of carbonyl (C=O) groups excluding carboxylic acids is 1. The molecule has 32 heavy (non-hydrogen) atoms. The molecule has 2 aliphatic heterocycles. The number of hydrogen-bond acceptors (Lipinski definition) is 5. The lowest BCUT2D eigenvalue weighted by molar-refractivity contribution is 0.0739. The Morgan fingerprint density at radius 1 is 1.16 bits per heavy atom. The third-order valence-corrected chi connectivity index (χ3v) is 5.05. The molecule has 2 saturated heterocycles. The van der Waals surface area contributed by atoms with Crippen LogP contribution < -0.4 is 10.6 Å². The number of cyclic esters (lactones) is 1. The predicted molar refractivity (Wildman–Crippen MR) is 133 cm³/mol. The van der Waals surface area contributed by atoms with Crippen LogP contribution in [0.15, 0.2) is 48.3 Å². The average molecular weight is 446 g/mol. The van der Waals surface area contributed by atoms with Crippen molar-refractivity contribution < 1.29 is 14.3 Å². The number of likely N-dealkylation sites (N-methyl/N-ethyl adjacent to an activating group) is 1. The number of allylic oxidation sites excluding steroid dienone is 4. The maximum atomic E-state index is 11.0. The first-order valence-corrected chi connectivity index (χ1v) is 11.9. The zero-order chi connectivity index (χ0) is 23.6. The van der Waals surface area contributed by atoms with Crippen LogP contribution in [0.4, 0.5) is 4.79 Å². The number of alkyl carbamates (subject to hydrolysis) is 1. The molecule has 0 bridgehead atoms. The van der Waals surface area contributed by atoms with E-state index in [1.807, 2.05) is 44.2 Å². The van der Waals surface area contributed by atoms with E-state index >= 15 is 0 Å². The summed E-state index contributed by atoms with van der Waals surface area (Å²) < 4.78 is 10.5. The molecule has 3 rings (SSSR count). The van der Waals surface area contributed by atoms with Crippen LogP contribution in [0.5, 0.6) is 0 Å². The van der Waals surface area contributed by atoms with Crippen molar-refractivity contribution in [2.75, 3.05) is 46.4 Å². The van der Waals surface area contributed by atoms with Crippen molar-refractivity contribution in [1.29, 1.82) is 0 Å². The van der Waals surface area contributed by atoms with Crippen LogP contribution in [0.2, 0.25) is 0 Å². The van der Waals surface area contributed by atoms with Gasteiger partial charge in [-0.15, -0.1) is 0 Å². The predicted octanol–water partition coefficient (Wildman–Crippen LogP) is 4.97. The Morgan fingerprint density at radius 3 is 2.34 bits per heavy atom. The van der Waals surface area contributed by atoms with E-state index in [-0.39, 0.29) is 12.2 Å². The van der Waals surface area contributed by atoms with Crippen molar-refractivity contribution in [3.63, 3.8) is 0 Å². The maximum Gasteiger partial charge on any atom is 0.407 e. The number of amides is 1. The molecule has 6 nitrogen and oxygen atoms in total. The first-order chi connectivity index (χ1) is 15.5. The van der Waals surface area contributed by atoms with Crippen molar-refractivity contribution in [1.82, 2.24) is 15.5 Å². The fourth-order valence-electron chi connectivity index (χ4n) is 3.09. The number of benzene rings is 1. The van der Waals surface area contributed by atoms with Crippen molar-refractivity contribution in [2.45, 2.75) is 53.1 Å². The SMILES string of the molecule is CC/C=C\C=C(/CC)OCC.CN1CCNCC1.Cc1ccc(C2CCNC(=O)O2)cc1. The Balaban J connectivity index is 0.000000254. The van der Waals surface area contributed by atoms with Crippen molar-refractivity contribution >= 4 is 6.09 Å². The number of nitrogens with one attached hydrogen (secondary N) is 2. The highest BCUT2D eigenvalue weighted by molar-refractivity contribution is 5.68. The van der Waals surface area contributed by atoms with Gasteiger partial charge in [0.15, 0.2) is 0 Å². The number of piperazine rings is 1. The standard InChI is InChI=1S/C11H13NO2.C10H18O.C5H12N2/c1-8-2-4-9(5-3-8)10-6-7-12-11(13)14-10;1-4-7-8-9-10(5-2)11-6-3;1-7-4-2-6-3-5-7/h2-5,10H,6-7H2,1H3,(H,12,13);7-9H,4-6H2,1-3H3;6H,2-5H2,1H3/b;8-7-,10-9+;. The second kappa shape index (κ2) is 17.3. The van der Waals surface area contributed by atoms with Gasteiger partial charge in [0.05, 0.1) is 12.4 Å². The van der Waals surface area contributed by atoms with Crippen LogP contribution in [-0.2, 0) is 9.47 Å². The van der Waals surface area contributed by atoms with Crippen LogP contribution in [-0.4, -0.2) is 57.4 Å². The summed E-state index contributed by atoms with van der Waals surface area (Å²) in [6, 6.07) is 8.09. The van der Waals surface area contributed by atoms with Gasteiger partial charge in [-0.05, 0) is 39.0 Å². The first-order valence-electron chi connectivity index (χ1n) is 11.9. The topological polar surface area (TPSA) is 62.8 Å². The Hall–Kier alpha value is -2.31. The maximum absolute atomic E-state index is 11.0. The van der Waals surface area contributed by atoms with Crippen LogP contribution in [0.3, 0.4) is 0 Å². The Kier molecular flexibility index (Phi) is 15.0. The van der Waals surface area contributed by atoms with E-state index in [2.05, 4.69) is 48.6 Å². The highest BCUT2D eigenvalue weighted by Crippen LogP contribution is 2.23. The lowest BCUT2D eigenvalue weighted by atomic mass is 10.0. The van der Waals surface area contributed by atoms with E-state index in [0.717, 1.165) is 50.3 Å². The zero-order valence-electron chi connectivity index (χ0n) is 20.7. The molecule has 0 aromatic heterocycles. The summed E-state index contributed by atoms with van der Waals surface area (Å²) in [5.74, 6) is 1.07. The van der Waals surface area contributed by atoms with Gasteiger partial charge in [-0.1, -0.05) is 55.8 Å². The summed E-state index contributed by atoms with van der Waals surface area (Å²) in [6.07, 6.45) is 8.71. The van der Waals surface area contributed by atoms with Gasteiger partial charge in [0.25, 0.3) is 0 Å². The van der Waals surface area contributed by atoms with E-state index in [4.69, 9.17) is 9.47 Å². The first kappa shape index (κ1) is 27.7. The smallest absolute Gasteiger partial charge is 0.407 e. The molecule has 2 heterocycles. The van der Waals surface area contributed by atoms with E-state index in [0.29, 0.717) is 6.54 Å². The van der Waals surface area contributed by atoms with Gasteiger partial charge in [-0.2, -0.15) is 0 Å². The lowest BCUT2D eigenvalue weighted by Crippen LogP contribution is -2.40. The number of rotatable bonds is 6. The molecule has 180 valence electrons. The number of carbonyl (C=O) groups is 1. The van der Waals surface area contributed by atoms with Crippen LogP contribution in [0.25, 0.3) is 0 Å². The molecule has 1 unspecified atom stereocenters. The fraction of sp³-hybridized carbons (Fsp3) is 0.577. The molecule has 0 saturated carbocycles. The van der Waals surface area contributed by atoms with Gasteiger partial charge >= 0.3 is 6.09 Å². The van der Waals surface area contributed by atoms with Gasteiger partial charge < -0.3 is 25.0 Å². The third-order valence-electron chi connectivity index (χ3n) is 5.05. The van der Waals surface area contributed by atoms with Gasteiger partial charge in [0.2, 0.25) is 0 Å². The Bertz CT molecular complexity index is 680. The molecule has 1 aromatic carbocycles. The van der Waals surface area contributed by atoms with E-state index in [9.17, 15) is 4.79 Å². The third kappa shape index (κ3) is 12.5. The highest BCUT2D eigenvalue weighted by atomic mass is 16.6. The van der Waals surface area contributed by atoms with Crippen molar-refractivity contribution in [3.05, 3.63) is 59.4 Å². The summed E-state index contributed by atoms with van der Waals surface area (Å²) in [6.45, 7) is 14.5. The summed E-state index contributed by atoms with van der Waals surface area (Å²) in [4.78, 5) is 13.3. The highest BCUT2D eigenvalue weighted by Gasteiger charge is 2.20. The monoisotopic (exact) mass is 445 g/mol. The minimum absolute atomic E-state index is 0.0793. The van der Waals surface area contributed by atoms with Crippen LogP contribution in [0, 0.1) is 6.92 Å². The molecule has 1 amide bonds. The van der Waals surface area contributed by atoms with Crippen molar-refractivity contribution in [2.24, 2.45) is 0 Å². The number of nitrogens with zero attached hydrogens (tertiary/aromatic N) is 1. The normalized spacial score (nSPS) is 19.1. The average Bonchev–Trinajstić information content (AvgIpc) is 2.80. The minimum atomic E-state index is -0.318. The minimum Gasteiger partial charge on any atom is -0.498 e. The molecule has 6 heteroatoms. The second-order valence-corrected chi connectivity index (χ2v) is 7.83. The summed E-state index contributed by atoms with van der Waals surface area (Å²) in [5, 5.41) is 5.91. The quantitative estimate of drug-likeness (QED) is 0.478. The Morgan fingerprint density at radius 2 is 1.84 bits per heavy atom. The molecular weight excluding hydrogens is 402 g/mol. The summed E-state index contributed by atoms with van der Waals surface area (Å²) >= 11 is 0. The number of hydrogen-bond donors (Lipinski definition) is 2. The van der Waals surface area contributed by atoms with E-state index < -0.39 is 0 Å². The fourth-order valence-corrected chi connectivity index (χ4v) is 3.09. The van der Waals surface area contributed by atoms with Gasteiger partial charge in [-0.25, -0.2) is 4.79 Å². The van der Waals surface area contributed by atoms with E-state index in [1.165, 1.54) is 18.7 Å². The lowest BCUT2D eigenvalue weighted by Gasteiger charge is -2.23. The zero-order valence-corrected chi connectivity index (χ0v) is 20.7. The van der Waals surface area contributed by atoms with Gasteiger partial charge in [0, 0.05) is 45.6 Å². The van der Waals surface area contributed by atoms with Gasteiger partial charge in [-0.3, -0.25) is 0 Å². The molecule has 1 atom stereocenters. The molecule has 0 spiro atoms. The van der Waals surface area contributed by atoms with Crippen LogP contribution >= 0.6 is 0 Å². The van der Waals surface area contributed by atoms with E-state index in [1.54, 1.807) is 0 Å². The Labute approximate surface area is 195 Å². The van der Waals surface area contributed by atoms with Crippen molar-refractivity contribution in [3.8, 4) is 0 Å².